The van der Waals surface area contributed by atoms with Crippen molar-refractivity contribution in [2.45, 2.75) is 6.92 Å². The molecule has 0 unspecified atom stereocenters. The molecule has 1 heterocycles. The Morgan fingerprint density at radius 1 is 1.47 bits per heavy atom. The summed E-state index contributed by atoms with van der Waals surface area (Å²) in [5.74, 6) is -0.991. The van der Waals surface area contributed by atoms with Crippen molar-refractivity contribution in [1.82, 2.24) is 10.3 Å². The average molecular weight is 233 g/mol. The number of pyridine rings is 1. The third kappa shape index (κ3) is 3.14. The van der Waals surface area contributed by atoms with Crippen molar-refractivity contribution in [3.63, 3.8) is 0 Å². The molecule has 0 aliphatic rings. The van der Waals surface area contributed by atoms with Gasteiger partial charge in [-0.05, 0) is 13.0 Å². The molecule has 5 nitrogen and oxygen atoms in total. The van der Waals surface area contributed by atoms with Crippen LogP contribution in [-0.2, 0) is 0 Å². The van der Waals surface area contributed by atoms with Gasteiger partial charge >= 0.3 is 5.97 Å². The van der Waals surface area contributed by atoms with E-state index in [1.54, 1.807) is 32.6 Å². The van der Waals surface area contributed by atoms with Gasteiger partial charge in [0.25, 0.3) is 0 Å². The van der Waals surface area contributed by atoms with Crippen molar-refractivity contribution in [2.75, 3.05) is 14.1 Å². The summed E-state index contributed by atoms with van der Waals surface area (Å²) in [5, 5.41) is 11.9. The van der Waals surface area contributed by atoms with E-state index in [0.717, 1.165) is 16.8 Å². The van der Waals surface area contributed by atoms with Crippen LogP contribution < -0.4 is 5.32 Å². The van der Waals surface area contributed by atoms with Gasteiger partial charge in [-0.15, -0.1) is 0 Å². The van der Waals surface area contributed by atoms with E-state index in [1.165, 1.54) is 6.20 Å². The number of aliphatic imine (C=N–C) groups is 1. The molecule has 0 spiro atoms. The van der Waals surface area contributed by atoms with E-state index in [0.29, 0.717) is 0 Å². The first-order chi connectivity index (χ1) is 8.10. The number of carbonyl (C=O) groups is 1. The van der Waals surface area contributed by atoms with Crippen molar-refractivity contribution in [1.29, 1.82) is 0 Å². The molecular weight excluding hydrogens is 218 g/mol. The largest absolute Gasteiger partial charge is 0.478 e. The van der Waals surface area contributed by atoms with E-state index in [2.05, 4.69) is 15.3 Å². The molecular formula is C12H15N3O2. The van der Waals surface area contributed by atoms with Gasteiger partial charge in [0.05, 0.1) is 5.56 Å². The molecule has 0 aliphatic heterocycles. The quantitative estimate of drug-likeness (QED) is 0.771. The predicted molar refractivity (Wildman–Crippen MR) is 67.3 cm³/mol. The van der Waals surface area contributed by atoms with Crippen LogP contribution in [0, 0.1) is 0 Å². The highest BCUT2D eigenvalue weighted by Crippen LogP contribution is 2.16. The molecule has 0 atom stereocenters. The minimum atomic E-state index is -0.991. The number of hydrogen-bond donors (Lipinski definition) is 2. The van der Waals surface area contributed by atoms with Crippen LogP contribution in [0.25, 0.3) is 5.57 Å². The lowest BCUT2D eigenvalue weighted by atomic mass is 10.1. The zero-order valence-electron chi connectivity index (χ0n) is 10.1. The number of nitrogens with one attached hydrogen (secondary N) is 1. The summed E-state index contributed by atoms with van der Waals surface area (Å²) in [6, 6.07) is 1.58. The maximum absolute atomic E-state index is 10.9. The third-order valence-corrected chi connectivity index (χ3v) is 2.33. The topological polar surface area (TPSA) is 74.6 Å². The molecule has 0 saturated heterocycles. The first kappa shape index (κ1) is 12.9. The van der Waals surface area contributed by atoms with E-state index in [4.69, 9.17) is 5.11 Å². The summed E-state index contributed by atoms with van der Waals surface area (Å²) in [6.45, 7) is 1.89. The van der Waals surface area contributed by atoms with E-state index in [9.17, 15) is 4.79 Å². The van der Waals surface area contributed by atoms with Crippen LogP contribution in [0.5, 0.6) is 0 Å². The second-order valence-electron chi connectivity index (χ2n) is 3.44. The van der Waals surface area contributed by atoms with Gasteiger partial charge in [0.15, 0.2) is 0 Å². The Labute approximate surface area is 99.9 Å². The summed E-state index contributed by atoms with van der Waals surface area (Å²) in [5.41, 5.74) is 2.61. The van der Waals surface area contributed by atoms with Crippen molar-refractivity contribution >= 4 is 17.8 Å². The highest BCUT2D eigenvalue weighted by molar-refractivity contribution is 6.11. The van der Waals surface area contributed by atoms with Gasteiger partial charge in [-0.1, -0.05) is 0 Å². The molecule has 17 heavy (non-hydrogen) atoms. The lowest BCUT2D eigenvalue weighted by Gasteiger charge is -2.08. The van der Waals surface area contributed by atoms with Gasteiger partial charge in [0.2, 0.25) is 0 Å². The number of carboxylic acids is 1. The highest BCUT2D eigenvalue weighted by Gasteiger charge is 2.08. The first-order valence-electron chi connectivity index (χ1n) is 5.09. The van der Waals surface area contributed by atoms with E-state index in [1.807, 2.05) is 6.92 Å². The second-order valence-corrected chi connectivity index (χ2v) is 3.44. The van der Waals surface area contributed by atoms with Gasteiger partial charge in [-0.25, -0.2) is 4.79 Å². The standard InChI is InChI=1S/C12H15N3O2/c1-8(14-3)11(7-13-2)9-4-10(12(16)17)6-15-5-9/h4-7,14H,1-3H3,(H,16,17)/b11-8-,13-7?. The fraction of sp³-hybridized carbons (Fsp3) is 0.250. The minimum absolute atomic E-state index is 0.161. The molecule has 0 radical (unpaired) electrons. The number of hydrogen-bond acceptors (Lipinski definition) is 4. The zero-order chi connectivity index (χ0) is 12.8. The van der Waals surface area contributed by atoms with Crippen molar-refractivity contribution in [3.8, 4) is 0 Å². The SMILES string of the molecule is CN=C/C(=C(\C)NC)c1cncc(C(=O)O)c1. The van der Waals surface area contributed by atoms with Crippen molar-refractivity contribution in [3.05, 3.63) is 35.3 Å². The third-order valence-electron chi connectivity index (χ3n) is 2.33. The number of nitrogens with zero attached hydrogens (tertiary/aromatic N) is 2. The Morgan fingerprint density at radius 2 is 2.12 bits per heavy atom. The monoisotopic (exact) mass is 233 g/mol. The summed E-state index contributed by atoms with van der Waals surface area (Å²) in [4.78, 5) is 18.7. The molecule has 0 amide bonds. The van der Waals surface area contributed by atoms with Crippen molar-refractivity contribution < 1.29 is 9.90 Å². The molecule has 1 rings (SSSR count). The predicted octanol–water partition coefficient (Wildman–Crippen LogP) is 1.43. The molecule has 1 aromatic heterocycles. The van der Waals surface area contributed by atoms with Gasteiger partial charge in [-0.2, -0.15) is 0 Å². The molecule has 1 aromatic rings. The Kier molecular flexibility index (Phi) is 4.39. The summed E-state index contributed by atoms with van der Waals surface area (Å²) in [7, 11) is 3.46. The fourth-order valence-corrected chi connectivity index (χ4v) is 1.36. The minimum Gasteiger partial charge on any atom is -0.478 e. The van der Waals surface area contributed by atoms with Gasteiger partial charge < -0.3 is 10.4 Å². The van der Waals surface area contributed by atoms with Gasteiger partial charge in [0.1, 0.15) is 0 Å². The smallest absolute Gasteiger partial charge is 0.337 e. The number of allylic oxidation sites excluding steroid dienone is 2. The Morgan fingerprint density at radius 3 is 2.65 bits per heavy atom. The van der Waals surface area contributed by atoms with E-state index in [-0.39, 0.29) is 5.56 Å². The van der Waals surface area contributed by atoms with Crippen LogP contribution >= 0.6 is 0 Å². The molecule has 0 bridgehead atoms. The van der Waals surface area contributed by atoms with Crippen LogP contribution in [0.15, 0.2) is 29.1 Å². The molecule has 0 aromatic carbocycles. The number of aromatic carboxylic acids is 1. The summed E-state index contributed by atoms with van der Waals surface area (Å²) < 4.78 is 0. The van der Waals surface area contributed by atoms with Crippen LogP contribution in [0.1, 0.15) is 22.8 Å². The van der Waals surface area contributed by atoms with Crippen molar-refractivity contribution in [2.24, 2.45) is 4.99 Å². The maximum Gasteiger partial charge on any atom is 0.337 e. The van der Waals surface area contributed by atoms with Gasteiger partial charge in [-0.3, -0.25) is 9.98 Å². The lowest BCUT2D eigenvalue weighted by molar-refractivity contribution is 0.0696. The average Bonchev–Trinajstić information content (AvgIpc) is 2.35. The summed E-state index contributed by atoms with van der Waals surface area (Å²) in [6.07, 6.45) is 4.61. The lowest BCUT2D eigenvalue weighted by Crippen LogP contribution is -2.07. The van der Waals surface area contributed by atoms with E-state index >= 15 is 0 Å². The molecule has 90 valence electrons. The summed E-state index contributed by atoms with van der Waals surface area (Å²) >= 11 is 0. The van der Waals surface area contributed by atoms with Crippen LogP contribution in [-0.4, -0.2) is 36.4 Å². The first-order valence-corrected chi connectivity index (χ1v) is 5.09. The van der Waals surface area contributed by atoms with Gasteiger partial charge in [0, 0.05) is 49.5 Å². The number of aromatic nitrogens is 1. The maximum atomic E-state index is 10.9. The van der Waals surface area contributed by atoms with E-state index < -0.39 is 5.97 Å². The molecule has 5 heteroatoms. The van der Waals surface area contributed by atoms with Crippen LogP contribution in [0.3, 0.4) is 0 Å². The molecule has 2 N–H and O–H groups in total. The fourth-order valence-electron chi connectivity index (χ4n) is 1.36. The number of rotatable bonds is 4. The van der Waals surface area contributed by atoms with Crippen LogP contribution in [0.4, 0.5) is 0 Å². The molecule has 0 fully saturated rings. The second kappa shape index (κ2) is 5.79. The number of carboxylic acid groups (broad SMARTS) is 1. The normalized spacial score (nSPS) is 12.4. The Balaban J connectivity index is 3.29. The zero-order valence-corrected chi connectivity index (χ0v) is 10.1. The van der Waals surface area contributed by atoms with Crippen LogP contribution in [0.2, 0.25) is 0 Å². The Bertz CT molecular complexity index is 478. The highest BCUT2D eigenvalue weighted by atomic mass is 16.4. The Hall–Kier alpha value is -2.17. The molecule has 0 aliphatic carbocycles. The molecule has 0 saturated carbocycles.